The molecule has 12 nitrogen and oxygen atoms in total. The van der Waals surface area contributed by atoms with Crippen LogP contribution in [-0.4, -0.2) is 117 Å². The topological polar surface area (TPSA) is 109 Å². The predicted octanol–water partition coefficient (Wildman–Crippen LogP) is 6.13. The number of hydrogen-bond acceptors (Lipinski definition) is 9. The summed E-state index contributed by atoms with van der Waals surface area (Å²) < 4.78 is 36.5. The fourth-order valence-electron chi connectivity index (χ4n) is 12.0. The molecule has 0 radical (unpaired) electrons. The Hall–Kier alpha value is -5.08. The van der Waals surface area contributed by atoms with E-state index >= 15 is 4.39 Å². The number of benzene rings is 3. The van der Waals surface area contributed by atoms with E-state index in [4.69, 9.17) is 4.74 Å². The van der Waals surface area contributed by atoms with Crippen LogP contribution in [-0.2, 0) is 20.9 Å². The molecule has 1 aliphatic carbocycles. The summed E-state index contributed by atoms with van der Waals surface area (Å²) in [6, 6.07) is 14.5. The van der Waals surface area contributed by atoms with Gasteiger partial charge in [0.25, 0.3) is 5.91 Å². The summed E-state index contributed by atoms with van der Waals surface area (Å²) in [5, 5.41) is 2.38. The number of nitrogens with zero attached hydrogens (tertiary/aromatic N) is 6. The molecule has 4 amide bonds. The Kier molecular flexibility index (Phi) is 11.4. The Morgan fingerprint density at radius 2 is 1.41 bits per heavy atom. The minimum absolute atomic E-state index is 0.0134. The molecule has 6 aliphatic heterocycles. The molecule has 0 aromatic heterocycles. The lowest BCUT2D eigenvalue weighted by Gasteiger charge is -2.55. The molecule has 5 saturated heterocycles. The Balaban J connectivity index is 0.684. The van der Waals surface area contributed by atoms with E-state index in [0.29, 0.717) is 53.1 Å². The molecule has 63 heavy (non-hydrogen) atoms. The standard InChI is InChI=1S/C49H59F2N7O5/c1-63-43-28-42(40(51)27-39(43)45-49(15-2-3-16-49)48(62)58(45)37-6-4-5-35(50)26-37)56-19-13-33(14-20-56)30-54-23-21-53(22-24-54)29-32-11-17-55(18-12-32)36-7-8-38-34(25-36)31-57(47(38)61)41-9-10-44(59)52-46(41)60/h4-8,25-28,32-33,41,45H,2-3,9-24,29-31H2,1H3,(H,52,59,60)/t41?,45-/m0/s1. The smallest absolute Gasteiger partial charge is 0.255 e. The maximum Gasteiger partial charge on any atom is 0.255 e. The highest BCUT2D eigenvalue weighted by atomic mass is 19.1. The Morgan fingerprint density at radius 1 is 0.746 bits per heavy atom. The predicted molar refractivity (Wildman–Crippen MR) is 236 cm³/mol. The number of methoxy groups -OCH3 is 1. The summed E-state index contributed by atoms with van der Waals surface area (Å²) >= 11 is 0. The minimum Gasteiger partial charge on any atom is -0.496 e. The highest BCUT2D eigenvalue weighted by Crippen LogP contribution is 2.62. The van der Waals surface area contributed by atoms with Gasteiger partial charge in [-0.1, -0.05) is 18.9 Å². The van der Waals surface area contributed by atoms with E-state index in [2.05, 4.69) is 31.0 Å². The maximum absolute atomic E-state index is 16.2. The number of β-lactam (4-membered cyclic amide) rings is 1. The van der Waals surface area contributed by atoms with Crippen LogP contribution in [0.15, 0.2) is 54.6 Å². The molecule has 10 rings (SSSR count). The first kappa shape index (κ1) is 41.9. The second kappa shape index (κ2) is 17.1. The van der Waals surface area contributed by atoms with E-state index in [0.717, 1.165) is 128 Å². The van der Waals surface area contributed by atoms with Crippen LogP contribution in [0, 0.1) is 28.9 Å². The van der Waals surface area contributed by atoms with E-state index in [-0.39, 0.29) is 35.9 Å². The molecular weight excluding hydrogens is 805 g/mol. The molecule has 3 aromatic rings. The third-order valence-electron chi connectivity index (χ3n) is 15.5. The van der Waals surface area contributed by atoms with E-state index in [1.165, 1.54) is 12.1 Å². The first-order valence-electron chi connectivity index (χ1n) is 23.3. The molecule has 6 heterocycles. The minimum atomic E-state index is -0.612. The quantitative estimate of drug-likeness (QED) is 0.190. The van der Waals surface area contributed by atoms with Gasteiger partial charge in [-0.2, -0.15) is 0 Å². The zero-order chi connectivity index (χ0) is 43.4. The molecule has 3 aromatic carbocycles. The largest absolute Gasteiger partial charge is 0.496 e. The van der Waals surface area contributed by atoms with Crippen molar-refractivity contribution < 1.29 is 32.7 Å². The van der Waals surface area contributed by atoms with Gasteiger partial charge < -0.3 is 34.1 Å². The molecule has 1 spiro atoms. The van der Waals surface area contributed by atoms with Crippen molar-refractivity contribution in [2.45, 2.75) is 82.8 Å². The van der Waals surface area contributed by atoms with Gasteiger partial charge in [0.1, 0.15) is 23.4 Å². The fraction of sp³-hybridized carbons (Fsp3) is 0.551. The van der Waals surface area contributed by atoms with Gasteiger partial charge in [0, 0.05) is 107 Å². The maximum atomic E-state index is 16.2. The zero-order valence-electron chi connectivity index (χ0n) is 36.3. The fourth-order valence-corrected chi connectivity index (χ4v) is 12.0. The summed E-state index contributed by atoms with van der Waals surface area (Å²) in [7, 11) is 1.61. The van der Waals surface area contributed by atoms with Crippen LogP contribution in [0.1, 0.15) is 91.7 Å². The average Bonchev–Trinajstić information content (AvgIpc) is 3.93. The number of nitrogens with one attached hydrogen (secondary N) is 1. The molecule has 14 heteroatoms. The van der Waals surface area contributed by atoms with Crippen LogP contribution < -0.4 is 24.8 Å². The number of ether oxygens (including phenoxy) is 1. The number of hydrogen-bond donors (Lipinski definition) is 1. The van der Waals surface area contributed by atoms with Gasteiger partial charge in [0.15, 0.2) is 0 Å². The van der Waals surface area contributed by atoms with Crippen molar-refractivity contribution in [1.82, 2.24) is 20.0 Å². The number of piperidine rings is 3. The first-order valence-corrected chi connectivity index (χ1v) is 23.3. The van der Waals surface area contributed by atoms with E-state index in [1.807, 2.05) is 18.2 Å². The number of piperazine rings is 1. The Labute approximate surface area is 368 Å². The lowest BCUT2D eigenvalue weighted by Crippen LogP contribution is -2.62. The Morgan fingerprint density at radius 3 is 2.05 bits per heavy atom. The van der Waals surface area contributed by atoms with Crippen LogP contribution in [0.2, 0.25) is 0 Å². The lowest BCUT2D eigenvalue weighted by molar-refractivity contribution is -0.140. The van der Waals surface area contributed by atoms with Crippen molar-refractivity contribution >= 4 is 40.7 Å². The molecule has 6 fully saturated rings. The summed E-state index contributed by atoms with van der Waals surface area (Å²) in [6.45, 7) is 10.4. The third kappa shape index (κ3) is 7.85. The van der Waals surface area contributed by atoms with Crippen LogP contribution >= 0.6 is 0 Å². The van der Waals surface area contributed by atoms with Gasteiger partial charge in [-0.15, -0.1) is 0 Å². The monoisotopic (exact) mass is 863 g/mol. The van der Waals surface area contributed by atoms with Gasteiger partial charge in [0.2, 0.25) is 17.7 Å². The van der Waals surface area contributed by atoms with E-state index in [9.17, 15) is 23.6 Å². The number of rotatable bonds is 10. The second-order valence-corrected chi connectivity index (χ2v) is 19.2. The van der Waals surface area contributed by atoms with Crippen LogP contribution in [0.3, 0.4) is 0 Å². The van der Waals surface area contributed by atoms with Crippen molar-refractivity contribution in [3.05, 3.63) is 82.9 Å². The summed E-state index contributed by atoms with van der Waals surface area (Å²) in [4.78, 5) is 64.1. The average molecular weight is 864 g/mol. The number of carbonyl (C=O) groups excluding carboxylic acids is 4. The van der Waals surface area contributed by atoms with Gasteiger partial charge in [-0.05, 0) is 105 Å². The molecule has 334 valence electrons. The molecule has 2 atom stereocenters. The van der Waals surface area contributed by atoms with Gasteiger partial charge in [-0.3, -0.25) is 24.5 Å². The third-order valence-corrected chi connectivity index (χ3v) is 15.5. The number of anilines is 3. The van der Waals surface area contributed by atoms with Gasteiger partial charge in [-0.25, -0.2) is 8.78 Å². The van der Waals surface area contributed by atoms with Crippen LogP contribution in [0.4, 0.5) is 25.8 Å². The summed E-state index contributed by atoms with van der Waals surface area (Å²) in [6.07, 6.45) is 8.21. The van der Waals surface area contributed by atoms with Crippen molar-refractivity contribution in [3.63, 3.8) is 0 Å². The van der Waals surface area contributed by atoms with E-state index in [1.54, 1.807) is 35.1 Å². The molecule has 0 bridgehead atoms. The zero-order valence-corrected chi connectivity index (χ0v) is 36.3. The molecular formula is C49H59F2N7O5. The van der Waals surface area contributed by atoms with Crippen molar-refractivity contribution in [2.24, 2.45) is 17.3 Å². The Bertz CT molecular complexity index is 2260. The second-order valence-electron chi connectivity index (χ2n) is 19.2. The number of imide groups is 1. The number of fused-ring (bicyclic) bond motifs is 1. The highest BCUT2D eigenvalue weighted by Gasteiger charge is 2.63. The number of halogens is 2. The highest BCUT2D eigenvalue weighted by molar-refractivity contribution is 6.07. The van der Waals surface area contributed by atoms with Crippen LogP contribution in [0.25, 0.3) is 0 Å². The normalized spacial score (nSPS) is 24.9. The van der Waals surface area contributed by atoms with Gasteiger partial charge >= 0.3 is 0 Å². The first-order chi connectivity index (χ1) is 30.6. The lowest BCUT2D eigenvalue weighted by atomic mass is 9.66. The van der Waals surface area contributed by atoms with Crippen molar-refractivity contribution in [1.29, 1.82) is 0 Å². The number of carbonyl (C=O) groups is 4. The van der Waals surface area contributed by atoms with Crippen molar-refractivity contribution in [3.8, 4) is 5.75 Å². The van der Waals surface area contributed by atoms with Crippen LogP contribution in [0.5, 0.6) is 5.75 Å². The van der Waals surface area contributed by atoms with Crippen molar-refractivity contribution in [2.75, 3.05) is 87.3 Å². The van der Waals surface area contributed by atoms with Gasteiger partial charge in [0.05, 0.1) is 24.3 Å². The molecule has 1 unspecified atom stereocenters. The molecule has 1 N–H and O–H groups in total. The molecule has 1 saturated carbocycles. The van der Waals surface area contributed by atoms with E-state index < -0.39 is 23.3 Å². The SMILES string of the molecule is COc1cc(N2CCC(CN3CCN(CC4CCN(c5ccc6c(c5)CN(C5CCC(=O)NC5=O)C6=O)CC4)CC3)CC2)c(F)cc1[C@@H]1N(c2cccc(F)c2)C(=O)C12CCCC2. The number of amides is 4. The summed E-state index contributed by atoms with van der Waals surface area (Å²) in [5.74, 6) is 0.257. The summed E-state index contributed by atoms with van der Waals surface area (Å²) in [5.41, 5.74) is 3.81. The molecule has 7 aliphatic rings.